The van der Waals surface area contributed by atoms with Gasteiger partial charge >= 0.3 is 0 Å². The van der Waals surface area contributed by atoms with Crippen LogP contribution in [0.3, 0.4) is 0 Å². The van der Waals surface area contributed by atoms with Crippen LogP contribution in [-0.4, -0.2) is 66.3 Å². The van der Waals surface area contributed by atoms with E-state index in [1.807, 2.05) is 32.0 Å². The van der Waals surface area contributed by atoms with Crippen LogP contribution in [0.25, 0.3) is 0 Å². The zero-order valence-electron chi connectivity index (χ0n) is 16.9. The lowest BCUT2D eigenvalue weighted by molar-refractivity contribution is -0.134. The van der Waals surface area contributed by atoms with E-state index in [0.29, 0.717) is 25.9 Å². The molecule has 3 amide bonds. The Morgan fingerprint density at radius 2 is 1.61 bits per heavy atom. The molecule has 1 aliphatic heterocycles. The summed E-state index contributed by atoms with van der Waals surface area (Å²) in [5, 5.41) is 5.46. The molecule has 7 nitrogen and oxygen atoms in total. The summed E-state index contributed by atoms with van der Waals surface area (Å²) in [5.41, 5.74) is 1.27. The van der Waals surface area contributed by atoms with E-state index in [1.54, 1.807) is 4.90 Å². The quantitative estimate of drug-likeness (QED) is 0.665. The van der Waals surface area contributed by atoms with Gasteiger partial charge in [-0.1, -0.05) is 30.3 Å². The Labute approximate surface area is 167 Å². The molecule has 1 saturated heterocycles. The number of nitrogens with zero attached hydrogens (tertiary/aromatic N) is 2. The minimum absolute atomic E-state index is 0.0235. The molecule has 2 rings (SSSR count). The molecular formula is C21H32N4O3. The minimum atomic E-state index is -0.187. The summed E-state index contributed by atoms with van der Waals surface area (Å²) >= 11 is 0. The van der Waals surface area contributed by atoms with Crippen molar-refractivity contribution < 1.29 is 14.4 Å². The molecule has 0 radical (unpaired) electrons. The van der Waals surface area contributed by atoms with Crippen molar-refractivity contribution in [2.75, 3.05) is 32.7 Å². The number of nitrogens with one attached hydrogen (secondary N) is 2. The number of benzene rings is 1. The Hall–Kier alpha value is -2.41. The molecule has 0 aromatic heterocycles. The maximum atomic E-state index is 12.3. The molecule has 0 bridgehead atoms. The highest BCUT2D eigenvalue weighted by Crippen LogP contribution is 2.08. The molecule has 0 spiro atoms. The number of amides is 3. The third-order valence-electron chi connectivity index (χ3n) is 4.67. The summed E-state index contributed by atoms with van der Waals surface area (Å²) in [6.45, 7) is 7.74. The van der Waals surface area contributed by atoms with Gasteiger partial charge in [-0.25, -0.2) is 0 Å². The van der Waals surface area contributed by atoms with Crippen LogP contribution in [0.4, 0.5) is 0 Å². The SMILES string of the molecule is CC(C)NC(=O)CCCC(=O)NCC(=O)N1CCN(Cc2ccccc2)CC1. The highest BCUT2D eigenvalue weighted by Gasteiger charge is 2.21. The predicted octanol–water partition coefficient (Wildman–Crippen LogP) is 1.14. The average molecular weight is 389 g/mol. The lowest BCUT2D eigenvalue weighted by Gasteiger charge is -2.34. The summed E-state index contributed by atoms with van der Waals surface area (Å²) < 4.78 is 0. The molecule has 7 heteroatoms. The van der Waals surface area contributed by atoms with Gasteiger partial charge in [-0.3, -0.25) is 19.3 Å². The van der Waals surface area contributed by atoms with Crippen LogP contribution in [0.2, 0.25) is 0 Å². The molecule has 0 atom stereocenters. The van der Waals surface area contributed by atoms with Crippen molar-refractivity contribution >= 4 is 17.7 Å². The normalized spacial score (nSPS) is 14.8. The fraction of sp³-hybridized carbons (Fsp3) is 0.571. The zero-order valence-corrected chi connectivity index (χ0v) is 16.9. The first kappa shape index (κ1) is 21.9. The standard InChI is InChI=1S/C21H32N4O3/c1-17(2)23-20(27)10-6-9-19(26)22-15-21(28)25-13-11-24(12-14-25)16-18-7-4-3-5-8-18/h3-5,7-8,17H,6,9-16H2,1-2H3,(H,22,26)(H,23,27). The monoisotopic (exact) mass is 388 g/mol. The van der Waals surface area contributed by atoms with Gasteiger partial charge < -0.3 is 15.5 Å². The molecule has 1 aliphatic rings. The first-order valence-electron chi connectivity index (χ1n) is 10.0. The van der Waals surface area contributed by atoms with Crippen LogP contribution in [0.15, 0.2) is 30.3 Å². The van der Waals surface area contributed by atoms with E-state index in [-0.39, 0.29) is 36.7 Å². The Balaban J connectivity index is 1.59. The molecule has 1 aromatic rings. The van der Waals surface area contributed by atoms with Crippen LogP contribution in [0.5, 0.6) is 0 Å². The third kappa shape index (κ3) is 8.08. The van der Waals surface area contributed by atoms with Crippen molar-refractivity contribution in [2.45, 2.75) is 45.7 Å². The van der Waals surface area contributed by atoms with E-state index < -0.39 is 0 Å². The van der Waals surface area contributed by atoms with Crippen LogP contribution in [0, 0.1) is 0 Å². The van der Waals surface area contributed by atoms with E-state index in [2.05, 4.69) is 27.7 Å². The van der Waals surface area contributed by atoms with E-state index in [4.69, 9.17) is 0 Å². The maximum Gasteiger partial charge on any atom is 0.242 e. The number of hydrogen-bond donors (Lipinski definition) is 2. The van der Waals surface area contributed by atoms with Crippen LogP contribution in [-0.2, 0) is 20.9 Å². The topological polar surface area (TPSA) is 81.8 Å². The Morgan fingerprint density at radius 1 is 0.964 bits per heavy atom. The van der Waals surface area contributed by atoms with Crippen LogP contribution in [0.1, 0.15) is 38.7 Å². The number of carbonyl (C=O) groups is 3. The largest absolute Gasteiger partial charge is 0.354 e. The molecule has 0 unspecified atom stereocenters. The lowest BCUT2D eigenvalue weighted by atomic mass is 10.2. The third-order valence-corrected chi connectivity index (χ3v) is 4.67. The lowest BCUT2D eigenvalue weighted by Crippen LogP contribution is -2.50. The second kappa shape index (κ2) is 11.4. The molecule has 1 aromatic carbocycles. The molecule has 28 heavy (non-hydrogen) atoms. The van der Waals surface area contributed by atoms with E-state index >= 15 is 0 Å². The summed E-state index contributed by atoms with van der Waals surface area (Å²) in [6, 6.07) is 10.4. The van der Waals surface area contributed by atoms with Crippen molar-refractivity contribution in [3.8, 4) is 0 Å². The number of rotatable bonds is 9. The molecule has 1 fully saturated rings. The second-order valence-corrected chi connectivity index (χ2v) is 7.50. The fourth-order valence-corrected chi connectivity index (χ4v) is 3.18. The smallest absolute Gasteiger partial charge is 0.242 e. The molecule has 154 valence electrons. The van der Waals surface area contributed by atoms with Crippen LogP contribution >= 0.6 is 0 Å². The highest BCUT2D eigenvalue weighted by molar-refractivity contribution is 5.85. The summed E-state index contributed by atoms with van der Waals surface area (Å²) in [6.07, 6.45) is 1.06. The summed E-state index contributed by atoms with van der Waals surface area (Å²) in [4.78, 5) is 39.8. The zero-order chi connectivity index (χ0) is 20.4. The molecular weight excluding hydrogens is 356 g/mol. The second-order valence-electron chi connectivity index (χ2n) is 7.50. The first-order chi connectivity index (χ1) is 13.4. The fourth-order valence-electron chi connectivity index (χ4n) is 3.18. The first-order valence-corrected chi connectivity index (χ1v) is 10.0. The van der Waals surface area contributed by atoms with Crippen molar-refractivity contribution in [2.24, 2.45) is 0 Å². The van der Waals surface area contributed by atoms with Gasteiger partial charge in [0, 0.05) is 51.6 Å². The Bertz CT molecular complexity index is 640. The van der Waals surface area contributed by atoms with Gasteiger partial charge in [0.2, 0.25) is 17.7 Å². The van der Waals surface area contributed by atoms with Crippen molar-refractivity contribution in [3.63, 3.8) is 0 Å². The average Bonchev–Trinajstić information content (AvgIpc) is 2.67. The van der Waals surface area contributed by atoms with Gasteiger partial charge in [0.25, 0.3) is 0 Å². The Morgan fingerprint density at radius 3 is 2.25 bits per heavy atom. The minimum Gasteiger partial charge on any atom is -0.354 e. The molecule has 1 heterocycles. The van der Waals surface area contributed by atoms with Gasteiger partial charge in [0.05, 0.1) is 6.54 Å². The summed E-state index contributed by atoms with van der Waals surface area (Å²) in [7, 11) is 0. The predicted molar refractivity (Wildman–Crippen MR) is 108 cm³/mol. The molecule has 2 N–H and O–H groups in total. The van der Waals surface area contributed by atoms with Crippen LogP contribution < -0.4 is 10.6 Å². The van der Waals surface area contributed by atoms with Crippen molar-refractivity contribution in [1.29, 1.82) is 0 Å². The number of carbonyl (C=O) groups excluding carboxylic acids is 3. The maximum absolute atomic E-state index is 12.3. The highest BCUT2D eigenvalue weighted by atomic mass is 16.2. The van der Waals surface area contributed by atoms with E-state index in [9.17, 15) is 14.4 Å². The Kier molecular flexibility index (Phi) is 8.94. The number of hydrogen-bond acceptors (Lipinski definition) is 4. The van der Waals surface area contributed by atoms with Gasteiger partial charge in [-0.2, -0.15) is 0 Å². The van der Waals surface area contributed by atoms with Gasteiger partial charge in [-0.15, -0.1) is 0 Å². The molecule has 0 aliphatic carbocycles. The van der Waals surface area contributed by atoms with Gasteiger partial charge in [-0.05, 0) is 25.8 Å². The van der Waals surface area contributed by atoms with Crippen molar-refractivity contribution in [1.82, 2.24) is 20.4 Å². The van der Waals surface area contributed by atoms with E-state index in [0.717, 1.165) is 19.6 Å². The van der Waals surface area contributed by atoms with E-state index in [1.165, 1.54) is 5.56 Å². The number of piperazine rings is 1. The molecule has 0 saturated carbocycles. The van der Waals surface area contributed by atoms with Gasteiger partial charge in [0.1, 0.15) is 0 Å². The summed E-state index contributed by atoms with van der Waals surface area (Å²) in [5.74, 6) is -0.286. The van der Waals surface area contributed by atoms with Gasteiger partial charge in [0.15, 0.2) is 0 Å². The van der Waals surface area contributed by atoms with Crippen molar-refractivity contribution in [3.05, 3.63) is 35.9 Å².